The lowest BCUT2D eigenvalue weighted by Crippen LogP contribution is -2.65. The van der Waals surface area contributed by atoms with Crippen molar-refractivity contribution in [1.82, 2.24) is 10.2 Å². The van der Waals surface area contributed by atoms with Gasteiger partial charge < -0.3 is 19.6 Å². The van der Waals surface area contributed by atoms with E-state index in [1.165, 1.54) is 11.2 Å². The summed E-state index contributed by atoms with van der Waals surface area (Å²) in [5.74, 6) is -1.03. The zero-order valence-corrected chi connectivity index (χ0v) is 21.3. The number of ether oxygens (including phenoxy) is 2. The number of rotatable bonds is 2. The lowest BCUT2D eigenvalue weighted by Gasteiger charge is -2.47. The standard InChI is InChI=1S/C24H21Cl2F4N3O4/c1-21(2,3)36-20(34)33-10-22(11-33)14-8-31-17(4-12(14)9-35-22)18-7-23(37-32-18,24(28,29)30)13-5-15(25)19(27)16(26)6-13/h4-6,8-9,31H,7,10-11H2,1-3H3. The van der Waals surface area contributed by atoms with Gasteiger partial charge in [0.25, 0.3) is 5.60 Å². The van der Waals surface area contributed by atoms with Gasteiger partial charge in [-0.3, -0.25) is 4.90 Å². The Labute approximate surface area is 219 Å². The van der Waals surface area contributed by atoms with Gasteiger partial charge in [-0.2, -0.15) is 13.2 Å². The molecule has 1 amide bonds. The molecule has 0 radical (unpaired) electrons. The molecule has 198 valence electrons. The van der Waals surface area contributed by atoms with E-state index in [1.807, 2.05) is 0 Å². The second-order valence-corrected chi connectivity index (χ2v) is 11.0. The Hall–Kier alpha value is -2.92. The van der Waals surface area contributed by atoms with Crippen LogP contribution in [0.3, 0.4) is 0 Å². The molecule has 7 nitrogen and oxygen atoms in total. The molecule has 0 bridgehead atoms. The molecule has 1 N–H and O–H groups in total. The molecule has 13 heteroatoms. The van der Waals surface area contributed by atoms with E-state index in [1.54, 1.807) is 33.0 Å². The number of carbonyl (C=O) groups excluding carboxylic acids is 1. The van der Waals surface area contributed by atoms with Crippen molar-refractivity contribution in [3.8, 4) is 0 Å². The van der Waals surface area contributed by atoms with Crippen LogP contribution in [-0.4, -0.2) is 47.2 Å². The Morgan fingerprint density at radius 2 is 1.84 bits per heavy atom. The highest BCUT2D eigenvalue weighted by Crippen LogP contribution is 2.51. The fourth-order valence-corrected chi connectivity index (χ4v) is 5.00. The van der Waals surface area contributed by atoms with Gasteiger partial charge in [0.2, 0.25) is 0 Å². The predicted molar refractivity (Wildman–Crippen MR) is 126 cm³/mol. The number of alkyl halides is 3. The lowest BCUT2D eigenvalue weighted by atomic mass is 9.82. The van der Waals surface area contributed by atoms with Crippen LogP contribution in [0.4, 0.5) is 22.4 Å². The molecule has 37 heavy (non-hydrogen) atoms. The van der Waals surface area contributed by atoms with Gasteiger partial charge in [0.05, 0.1) is 41.5 Å². The first-order valence-corrected chi connectivity index (χ1v) is 11.9. The van der Waals surface area contributed by atoms with E-state index in [-0.39, 0.29) is 24.5 Å². The third kappa shape index (κ3) is 4.21. The van der Waals surface area contributed by atoms with Crippen LogP contribution in [0.25, 0.3) is 0 Å². The number of halogens is 6. The number of dihydropyridines is 1. The molecule has 0 saturated carbocycles. The molecule has 4 heterocycles. The Morgan fingerprint density at radius 3 is 2.43 bits per heavy atom. The molecule has 1 fully saturated rings. The minimum absolute atomic E-state index is 0.0185. The van der Waals surface area contributed by atoms with E-state index in [9.17, 15) is 22.4 Å². The first-order chi connectivity index (χ1) is 17.1. The maximum absolute atomic E-state index is 14.3. The number of hydrogen-bond donors (Lipinski definition) is 1. The number of oxime groups is 1. The fourth-order valence-electron chi connectivity index (χ4n) is 4.51. The van der Waals surface area contributed by atoms with Gasteiger partial charge in [0.15, 0.2) is 11.4 Å². The second kappa shape index (κ2) is 8.29. The number of nitrogens with zero attached hydrogens (tertiary/aromatic N) is 2. The molecule has 1 unspecified atom stereocenters. The zero-order valence-electron chi connectivity index (χ0n) is 19.8. The first kappa shape index (κ1) is 25.7. The van der Waals surface area contributed by atoms with Crippen molar-refractivity contribution in [2.45, 2.75) is 50.2 Å². The molecule has 1 aromatic carbocycles. The monoisotopic (exact) mass is 561 g/mol. The molecule has 4 aliphatic rings. The number of nitrogens with one attached hydrogen (secondary N) is 1. The number of amides is 1. The summed E-state index contributed by atoms with van der Waals surface area (Å²) in [5.41, 5.74) is -3.16. The summed E-state index contributed by atoms with van der Waals surface area (Å²) in [5, 5.41) is 5.55. The van der Waals surface area contributed by atoms with Crippen LogP contribution in [0, 0.1) is 5.82 Å². The molecule has 5 rings (SSSR count). The van der Waals surface area contributed by atoms with Gasteiger partial charge in [-0.15, -0.1) is 0 Å². The molecule has 1 spiro atoms. The van der Waals surface area contributed by atoms with Crippen LogP contribution in [0.2, 0.25) is 10.0 Å². The molecular weight excluding hydrogens is 541 g/mol. The average Bonchev–Trinajstić information content (AvgIpc) is 3.37. The Morgan fingerprint density at radius 1 is 1.19 bits per heavy atom. The van der Waals surface area contributed by atoms with E-state index in [0.717, 1.165) is 17.7 Å². The normalized spacial score (nSPS) is 24.1. The van der Waals surface area contributed by atoms with E-state index in [0.29, 0.717) is 5.57 Å². The quantitative estimate of drug-likeness (QED) is 0.357. The van der Waals surface area contributed by atoms with Crippen LogP contribution < -0.4 is 5.32 Å². The smallest absolute Gasteiger partial charge is 0.435 e. The number of likely N-dealkylation sites (tertiary alicyclic amines) is 1. The van der Waals surface area contributed by atoms with Crippen LogP contribution in [-0.2, 0) is 19.9 Å². The number of fused-ring (bicyclic) bond motifs is 2. The van der Waals surface area contributed by atoms with Crippen molar-refractivity contribution in [2.24, 2.45) is 5.16 Å². The molecular formula is C24H21Cl2F4N3O4. The van der Waals surface area contributed by atoms with E-state index >= 15 is 0 Å². The topological polar surface area (TPSA) is 72.4 Å². The van der Waals surface area contributed by atoms with Crippen LogP contribution in [0.5, 0.6) is 0 Å². The summed E-state index contributed by atoms with van der Waals surface area (Å²) in [6.45, 7) is 5.83. The van der Waals surface area contributed by atoms with E-state index in [4.69, 9.17) is 37.5 Å². The summed E-state index contributed by atoms with van der Waals surface area (Å²) in [4.78, 5) is 18.8. The second-order valence-electron chi connectivity index (χ2n) is 10.2. The Balaban J connectivity index is 1.33. The molecule has 0 aromatic heterocycles. The van der Waals surface area contributed by atoms with E-state index < -0.39 is 56.9 Å². The summed E-state index contributed by atoms with van der Waals surface area (Å²) < 4.78 is 67.9. The number of benzene rings is 1. The third-order valence-corrected chi connectivity index (χ3v) is 6.93. The summed E-state index contributed by atoms with van der Waals surface area (Å²) in [6.07, 6.45) is -1.38. The molecule has 1 aromatic rings. The number of hydrogen-bond acceptors (Lipinski definition) is 6. The molecule has 0 aliphatic carbocycles. The largest absolute Gasteiger partial charge is 0.486 e. The van der Waals surface area contributed by atoms with Gasteiger partial charge >= 0.3 is 12.3 Å². The maximum Gasteiger partial charge on any atom is 0.435 e. The number of carbonyl (C=O) groups is 1. The third-order valence-electron chi connectivity index (χ3n) is 6.38. The number of allylic oxidation sites excluding steroid dienone is 2. The van der Waals surface area contributed by atoms with Gasteiger partial charge in [0, 0.05) is 22.9 Å². The van der Waals surface area contributed by atoms with Crippen LogP contribution in [0.15, 0.2) is 52.7 Å². The van der Waals surface area contributed by atoms with Crippen LogP contribution in [0.1, 0.15) is 32.8 Å². The maximum atomic E-state index is 14.3. The van der Waals surface area contributed by atoms with Gasteiger partial charge in [0.1, 0.15) is 11.3 Å². The van der Waals surface area contributed by atoms with E-state index in [2.05, 4.69) is 10.5 Å². The first-order valence-electron chi connectivity index (χ1n) is 11.2. The highest BCUT2D eigenvalue weighted by atomic mass is 35.5. The highest BCUT2D eigenvalue weighted by Gasteiger charge is 2.63. The Bertz CT molecular complexity index is 1290. The predicted octanol–water partition coefficient (Wildman–Crippen LogP) is 5.94. The Kier molecular flexibility index (Phi) is 5.76. The summed E-state index contributed by atoms with van der Waals surface area (Å²) in [7, 11) is 0. The minimum atomic E-state index is -4.92. The zero-order chi connectivity index (χ0) is 27.0. The summed E-state index contributed by atoms with van der Waals surface area (Å²) >= 11 is 11.5. The minimum Gasteiger partial charge on any atom is -0.486 e. The SMILES string of the molecule is CC(C)(C)OC(=O)N1CC2(C1)OC=C1C=C(C3=NOC(c4cc(Cl)c(F)c(Cl)c4)(C(F)(F)F)C3)NC=C12. The van der Waals surface area contributed by atoms with Crippen molar-refractivity contribution < 1.29 is 36.7 Å². The van der Waals surface area contributed by atoms with Crippen molar-refractivity contribution >= 4 is 35.0 Å². The highest BCUT2D eigenvalue weighted by molar-refractivity contribution is 6.35. The molecule has 1 atom stereocenters. The molecule has 1 saturated heterocycles. The van der Waals surface area contributed by atoms with Crippen molar-refractivity contribution in [1.29, 1.82) is 0 Å². The van der Waals surface area contributed by atoms with Crippen molar-refractivity contribution in [2.75, 3.05) is 13.1 Å². The van der Waals surface area contributed by atoms with Gasteiger partial charge in [-0.05, 0) is 39.0 Å². The lowest BCUT2D eigenvalue weighted by molar-refractivity contribution is -0.275. The molecule has 4 aliphatic heterocycles. The van der Waals surface area contributed by atoms with Gasteiger partial charge in [-0.1, -0.05) is 28.4 Å². The van der Waals surface area contributed by atoms with Crippen molar-refractivity contribution in [3.05, 3.63) is 68.9 Å². The fraction of sp³-hybridized carbons (Fsp3) is 0.417. The van der Waals surface area contributed by atoms with Crippen LogP contribution >= 0.6 is 23.2 Å². The average molecular weight is 562 g/mol. The van der Waals surface area contributed by atoms with Gasteiger partial charge in [-0.25, -0.2) is 9.18 Å². The summed E-state index contributed by atoms with van der Waals surface area (Å²) in [6, 6.07) is 1.67. The van der Waals surface area contributed by atoms with Crippen molar-refractivity contribution in [3.63, 3.8) is 0 Å².